The molecule has 0 bridgehead atoms. The number of ether oxygens (including phenoxy) is 2. The largest absolute Gasteiger partial charge is 0.454 e. The van der Waals surface area contributed by atoms with E-state index in [1.54, 1.807) is 0 Å². The van der Waals surface area contributed by atoms with Crippen LogP contribution in [0.3, 0.4) is 0 Å². The molecule has 0 saturated heterocycles. The lowest BCUT2D eigenvalue weighted by Crippen LogP contribution is -1.94. The molecule has 57 valence electrons. The van der Waals surface area contributed by atoms with Gasteiger partial charge in [-0.2, -0.15) is 0 Å². The average Bonchev–Trinajstić information content (AvgIpc) is 2.50. The lowest BCUT2D eigenvalue weighted by Gasteiger charge is -2.00. The number of fused-ring (bicyclic) bond motifs is 1. The fourth-order valence-corrected chi connectivity index (χ4v) is 1.19. The van der Waals surface area contributed by atoms with E-state index in [1.807, 2.05) is 12.1 Å². The summed E-state index contributed by atoms with van der Waals surface area (Å²) in [5.74, 6) is 1.72. The van der Waals surface area contributed by atoms with Crippen LogP contribution in [0.2, 0.25) is 0 Å². The van der Waals surface area contributed by atoms with Crippen molar-refractivity contribution in [2.75, 3.05) is 6.79 Å². The maximum Gasteiger partial charge on any atom is 0.231 e. The van der Waals surface area contributed by atoms with Gasteiger partial charge >= 0.3 is 0 Å². The van der Waals surface area contributed by atoms with Crippen LogP contribution in [0.1, 0.15) is 12.5 Å². The van der Waals surface area contributed by atoms with E-state index in [0.29, 0.717) is 6.79 Å². The van der Waals surface area contributed by atoms with Crippen LogP contribution < -0.4 is 9.47 Å². The Balaban J connectivity index is 2.50. The topological polar surface area (TPSA) is 18.5 Å². The zero-order valence-corrected chi connectivity index (χ0v) is 6.39. The van der Waals surface area contributed by atoms with Gasteiger partial charge in [-0.1, -0.05) is 13.0 Å². The third kappa shape index (κ3) is 0.946. The highest BCUT2D eigenvalue weighted by molar-refractivity contribution is 5.47. The number of aryl methyl sites for hydroxylation is 1. The molecule has 11 heavy (non-hydrogen) atoms. The molecule has 1 aliphatic rings. The van der Waals surface area contributed by atoms with Crippen molar-refractivity contribution in [1.29, 1.82) is 0 Å². The third-order valence-corrected chi connectivity index (χ3v) is 1.76. The molecule has 1 aromatic rings. The number of rotatable bonds is 1. The van der Waals surface area contributed by atoms with Gasteiger partial charge in [0.25, 0.3) is 0 Å². The Bertz CT molecular complexity index is 268. The van der Waals surface area contributed by atoms with E-state index in [4.69, 9.17) is 9.47 Å². The maximum atomic E-state index is 5.27. The van der Waals surface area contributed by atoms with Gasteiger partial charge in [0.1, 0.15) is 0 Å². The molecule has 2 nitrogen and oxygen atoms in total. The normalized spacial score (nSPS) is 13.5. The first-order valence-electron chi connectivity index (χ1n) is 3.71. The Hall–Kier alpha value is -1.18. The number of benzene rings is 1. The molecule has 0 unspecified atom stereocenters. The molecule has 1 aromatic carbocycles. The Morgan fingerprint density at radius 2 is 2.45 bits per heavy atom. The number of hydrogen-bond donors (Lipinski definition) is 0. The van der Waals surface area contributed by atoms with E-state index in [9.17, 15) is 0 Å². The average molecular weight is 149 g/mol. The molecule has 0 fully saturated rings. The molecule has 2 heteroatoms. The van der Waals surface area contributed by atoms with Gasteiger partial charge in [0, 0.05) is 5.56 Å². The minimum atomic E-state index is 0.347. The van der Waals surface area contributed by atoms with Crippen LogP contribution in [0.5, 0.6) is 11.5 Å². The summed E-state index contributed by atoms with van der Waals surface area (Å²) < 4.78 is 10.5. The minimum Gasteiger partial charge on any atom is -0.454 e. The monoisotopic (exact) mass is 149 g/mol. The maximum absolute atomic E-state index is 5.27. The molecule has 1 aliphatic heterocycles. The molecule has 0 amide bonds. The van der Waals surface area contributed by atoms with Crippen LogP contribution in [0.4, 0.5) is 0 Å². The summed E-state index contributed by atoms with van der Waals surface area (Å²) in [6.07, 6.45) is 0.937. The summed E-state index contributed by atoms with van der Waals surface area (Å²) in [7, 11) is 0. The molecule has 0 aromatic heterocycles. The van der Waals surface area contributed by atoms with Crippen LogP contribution in [0, 0.1) is 6.07 Å². The molecule has 0 aliphatic carbocycles. The predicted octanol–water partition coefficient (Wildman–Crippen LogP) is 1.78. The van der Waals surface area contributed by atoms with Gasteiger partial charge in [0.2, 0.25) is 6.79 Å². The molecule has 0 saturated carbocycles. The van der Waals surface area contributed by atoms with Gasteiger partial charge in [0.15, 0.2) is 11.5 Å². The second-order valence-electron chi connectivity index (χ2n) is 2.41. The molecule has 2 rings (SSSR count). The highest BCUT2D eigenvalue weighted by Crippen LogP contribution is 2.34. The Kier molecular flexibility index (Phi) is 1.46. The lowest BCUT2D eigenvalue weighted by molar-refractivity contribution is 0.173. The van der Waals surface area contributed by atoms with Crippen LogP contribution in [-0.2, 0) is 6.42 Å². The second-order valence-corrected chi connectivity index (χ2v) is 2.41. The summed E-state index contributed by atoms with van der Waals surface area (Å²) in [6.45, 7) is 2.42. The zero-order valence-electron chi connectivity index (χ0n) is 6.39. The molecular weight excluding hydrogens is 140 g/mol. The Morgan fingerprint density at radius 1 is 1.55 bits per heavy atom. The summed E-state index contributed by atoms with van der Waals surface area (Å²) >= 11 is 0. The van der Waals surface area contributed by atoms with E-state index in [0.717, 1.165) is 23.5 Å². The van der Waals surface area contributed by atoms with E-state index in [1.165, 1.54) is 0 Å². The Labute approximate surface area is 65.7 Å². The lowest BCUT2D eigenvalue weighted by atomic mass is 10.1. The quantitative estimate of drug-likeness (QED) is 0.606. The molecule has 0 N–H and O–H groups in total. The molecular formula is C9H9O2. The van der Waals surface area contributed by atoms with Gasteiger partial charge in [-0.15, -0.1) is 0 Å². The smallest absolute Gasteiger partial charge is 0.231 e. The first-order chi connectivity index (χ1) is 5.42. The van der Waals surface area contributed by atoms with Gasteiger partial charge in [-0.25, -0.2) is 0 Å². The van der Waals surface area contributed by atoms with E-state index in [-0.39, 0.29) is 0 Å². The van der Waals surface area contributed by atoms with Gasteiger partial charge in [-0.05, 0) is 18.6 Å². The minimum absolute atomic E-state index is 0.347. The van der Waals surface area contributed by atoms with Crippen molar-refractivity contribution in [1.82, 2.24) is 0 Å². The van der Waals surface area contributed by atoms with Gasteiger partial charge in [-0.3, -0.25) is 0 Å². The van der Waals surface area contributed by atoms with Crippen LogP contribution in [-0.4, -0.2) is 6.79 Å². The van der Waals surface area contributed by atoms with E-state index in [2.05, 4.69) is 13.0 Å². The summed E-state index contributed by atoms with van der Waals surface area (Å²) in [6, 6.07) is 6.86. The fourth-order valence-electron chi connectivity index (χ4n) is 1.19. The van der Waals surface area contributed by atoms with Crippen molar-refractivity contribution in [3.05, 3.63) is 23.8 Å². The van der Waals surface area contributed by atoms with Crippen LogP contribution in [0.15, 0.2) is 12.1 Å². The highest BCUT2D eigenvalue weighted by atomic mass is 16.7. The first-order valence-corrected chi connectivity index (χ1v) is 3.71. The summed E-state index contributed by atoms with van der Waals surface area (Å²) in [4.78, 5) is 0. The van der Waals surface area contributed by atoms with E-state index >= 15 is 0 Å². The van der Waals surface area contributed by atoms with Crippen molar-refractivity contribution in [3.8, 4) is 11.5 Å². The Morgan fingerprint density at radius 3 is 3.27 bits per heavy atom. The molecule has 0 spiro atoms. The van der Waals surface area contributed by atoms with Crippen molar-refractivity contribution in [2.24, 2.45) is 0 Å². The SMILES string of the molecule is CCc1[c]ccc2c1OCO2. The van der Waals surface area contributed by atoms with Crippen molar-refractivity contribution >= 4 is 0 Å². The number of hydrogen-bond acceptors (Lipinski definition) is 2. The van der Waals surface area contributed by atoms with E-state index < -0.39 is 0 Å². The van der Waals surface area contributed by atoms with Crippen molar-refractivity contribution in [3.63, 3.8) is 0 Å². The van der Waals surface area contributed by atoms with Crippen molar-refractivity contribution < 1.29 is 9.47 Å². The fraction of sp³-hybridized carbons (Fsp3) is 0.333. The van der Waals surface area contributed by atoms with Gasteiger partial charge < -0.3 is 9.47 Å². The molecule has 0 atom stereocenters. The first kappa shape index (κ1) is 6.53. The third-order valence-electron chi connectivity index (χ3n) is 1.76. The standard InChI is InChI=1S/C9H9O2/c1-2-7-4-3-5-8-9(7)11-6-10-8/h3,5H,2,6H2,1H3. The van der Waals surface area contributed by atoms with Crippen LogP contribution in [0.25, 0.3) is 0 Å². The van der Waals surface area contributed by atoms with Gasteiger partial charge in [0.05, 0.1) is 0 Å². The van der Waals surface area contributed by atoms with Crippen molar-refractivity contribution in [2.45, 2.75) is 13.3 Å². The highest BCUT2D eigenvalue weighted by Gasteiger charge is 2.15. The predicted molar refractivity (Wildman–Crippen MR) is 40.8 cm³/mol. The zero-order chi connectivity index (χ0) is 7.68. The van der Waals surface area contributed by atoms with Crippen LogP contribution >= 0.6 is 0 Å². The second kappa shape index (κ2) is 2.46. The molecule has 1 heterocycles. The summed E-state index contributed by atoms with van der Waals surface area (Å²) in [5, 5.41) is 0. The molecule has 1 radical (unpaired) electrons. The summed E-state index contributed by atoms with van der Waals surface area (Å²) in [5.41, 5.74) is 1.10.